The van der Waals surface area contributed by atoms with Crippen LogP contribution in [-0.2, 0) is 14.6 Å². The van der Waals surface area contributed by atoms with Gasteiger partial charge in [-0.05, 0) is 30.5 Å². The number of amides is 1. The van der Waals surface area contributed by atoms with Crippen LogP contribution >= 0.6 is 11.3 Å². The van der Waals surface area contributed by atoms with Crippen LogP contribution in [0.25, 0.3) is 10.2 Å². The summed E-state index contributed by atoms with van der Waals surface area (Å²) < 4.78 is 24.5. The van der Waals surface area contributed by atoms with Crippen LogP contribution in [-0.4, -0.2) is 30.0 Å². The van der Waals surface area contributed by atoms with Crippen molar-refractivity contribution in [1.82, 2.24) is 9.97 Å². The van der Waals surface area contributed by atoms with Gasteiger partial charge in [-0.25, -0.2) is 18.4 Å². The number of fused-ring (bicyclic) bond motifs is 1. The Morgan fingerprint density at radius 1 is 1.17 bits per heavy atom. The molecule has 0 saturated heterocycles. The number of carbonyl (C=O) groups is 1. The SMILES string of the molecule is Cc1ccc(S(=O)(=O)CCC(=O)Nc2ncnc3sccc23)cc1. The third-order valence-corrected chi connectivity index (χ3v) is 6.05. The van der Waals surface area contributed by atoms with E-state index in [1.807, 2.05) is 18.4 Å². The lowest BCUT2D eigenvalue weighted by Crippen LogP contribution is -2.18. The van der Waals surface area contributed by atoms with Crippen molar-refractivity contribution < 1.29 is 13.2 Å². The van der Waals surface area contributed by atoms with Crippen LogP contribution in [0.15, 0.2) is 46.9 Å². The molecule has 0 aliphatic carbocycles. The maximum absolute atomic E-state index is 12.3. The molecule has 3 rings (SSSR count). The van der Waals surface area contributed by atoms with E-state index in [2.05, 4.69) is 15.3 Å². The molecule has 0 spiro atoms. The number of hydrogen-bond acceptors (Lipinski definition) is 6. The molecule has 0 unspecified atom stereocenters. The Morgan fingerprint density at radius 2 is 1.92 bits per heavy atom. The molecule has 6 nitrogen and oxygen atoms in total. The molecular weight excluding hydrogens is 346 g/mol. The van der Waals surface area contributed by atoms with Gasteiger partial charge in [0.05, 0.1) is 16.0 Å². The van der Waals surface area contributed by atoms with Gasteiger partial charge in [0.25, 0.3) is 0 Å². The molecule has 2 heterocycles. The molecule has 24 heavy (non-hydrogen) atoms. The van der Waals surface area contributed by atoms with E-state index in [0.29, 0.717) is 5.82 Å². The van der Waals surface area contributed by atoms with Gasteiger partial charge in [0, 0.05) is 6.42 Å². The van der Waals surface area contributed by atoms with Crippen LogP contribution in [0.3, 0.4) is 0 Å². The van der Waals surface area contributed by atoms with Crippen LogP contribution in [0.1, 0.15) is 12.0 Å². The highest BCUT2D eigenvalue weighted by molar-refractivity contribution is 7.91. The Bertz CT molecular complexity index is 979. The lowest BCUT2D eigenvalue weighted by molar-refractivity contribution is -0.115. The number of anilines is 1. The van der Waals surface area contributed by atoms with Gasteiger partial charge >= 0.3 is 0 Å². The topological polar surface area (TPSA) is 89.0 Å². The number of aryl methyl sites for hydroxylation is 1. The fourth-order valence-electron chi connectivity index (χ4n) is 2.17. The zero-order chi connectivity index (χ0) is 17.2. The molecule has 0 atom stereocenters. The highest BCUT2D eigenvalue weighted by Crippen LogP contribution is 2.23. The van der Waals surface area contributed by atoms with Crippen LogP contribution in [0.5, 0.6) is 0 Å². The van der Waals surface area contributed by atoms with Gasteiger partial charge in [0.15, 0.2) is 9.84 Å². The molecule has 1 amide bonds. The second kappa shape index (κ2) is 6.66. The van der Waals surface area contributed by atoms with Crippen molar-refractivity contribution in [3.63, 3.8) is 0 Å². The minimum Gasteiger partial charge on any atom is -0.310 e. The molecule has 1 aromatic carbocycles. The number of hydrogen-bond donors (Lipinski definition) is 1. The summed E-state index contributed by atoms with van der Waals surface area (Å²) in [6.45, 7) is 1.89. The zero-order valence-corrected chi connectivity index (χ0v) is 14.5. The Morgan fingerprint density at radius 3 is 2.67 bits per heavy atom. The minimum absolute atomic E-state index is 0.133. The Balaban J connectivity index is 1.67. The molecule has 3 aromatic rings. The van der Waals surface area contributed by atoms with Gasteiger partial charge in [-0.3, -0.25) is 4.79 Å². The maximum Gasteiger partial charge on any atom is 0.226 e. The van der Waals surface area contributed by atoms with Gasteiger partial charge in [-0.2, -0.15) is 0 Å². The Labute approximate surface area is 143 Å². The van der Waals surface area contributed by atoms with Crippen molar-refractivity contribution in [3.8, 4) is 0 Å². The predicted molar refractivity (Wildman–Crippen MR) is 93.9 cm³/mol. The van der Waals surface area contributed by atoms with E-state index in [1.165, 1.54) is 17.7 Å². The molecule has 0 aliphatic heterocycles. The number of nitrogens with zero attached hydrogens (tertiary/aromatic N) is 2. The number of rotatable bonds is 5. The first-order valence-corrected chi connectivity index (χ1v) is 9.76. The minimum atomic E-state index is -3.49. The zero-order valence-electron chi connectivity index (χ0n) is 12.9. The van der Waals surface area contributed by atoms with Crippen molar-refractivity contribution in [3.05, 3.63) is 47.6 Å². The summed E-state index contributed by atoms with van der Waals surface area (Å²) in [6, 6.07) is 8.41. The van der Waals surface area contributed by atoms with Crippen molar-refractivity contribution in [2.24, 2.45) is 0 Å². The second-order valence-electron chi connectivity index (χ2n) is 5.29. The molecule has 1 N–H and O–H groups in total. The fraction of sp³-hybridized carbons (Fsp3) is 0.188. The molecule has 0 fully saturated rings. The molecule has 8 heteroatoms. The first-order chi connectivity index (χ1) is 11.5. The predicted octanol–water partition coefficient (Wildman–Crippen LogP) is 2.80. The number of carbonyl (C=O) groups excluding carboxylic acids is 1. The largest absolute Gasteiger partial charge is 0.310 e. The van der Waals surface area contributed by atoms with E-state index >= 15 is 0 Å². The van der Waals surface area contributed by atoms with Crippen LogP contribution in [0.4, 0.5) is 5.82 Å². The van der Waals surface area contributed by atoms with Crippen molar-refractivity contribution in [2.45, 2.75) is 18.2 Å². The second-order valence-corrected chi connectivity index (χ2v) is 8.30. The summed E-state index contributed by atoms with van der Waals surface area (Å²) in [5.41, 5.74) is 0.982. The van der Waals surface area contributed by atoms with E-state index in [1.54, 1.807) is 24.3 Å². The Hall–Kier alpha value is -2.32. The van der Waals surface area contributed by atoms with Gasteiger partial charge in [0.1, 0.15) is 17.0 Å². The third kappa shape index (κ3) is 3.60. The average molecular weight is 361 g/mol. The first-order valence-electron chi connectivity index (χ1n) is 7.23. The van der Waals surface area contributed by atoms with E-state index in [4.69, 9.17) is 0 Å². The standard InChI is InChI=1S/C16H15N3O3S2/c1-11-2-4-12(5-3-11)24(21,22)9-7-14(20)19-15-13-6-8-23-16(13)18-10-17-15/h2-6,8,10H,7,9H2,1H3,(H,17,18,19,20). The summed E-state index contributed by atoms with van der Waals surface area (Å²) in [7, 11) is -3.49. The highest BCUT2D eigenvalue weighted by Gasteiger charge is 2.17. The van der Waals surface area contributed by atoms with E-state index in [-0.39, 0.29) is 17.1 Å². The normalized spacial score (nSPS) is 11.5. The number of sulfone groups is 1. The summed E-state index contributed by atoms with van der Waals surface area (Å²) in [4.78, 5) is 21.2. The molecule has 0 saturated carbocycles. The van der Waals surface area contributed by atoms with Crippen LogP contribution in [0.2, 0.25) is 0 Å². The fourth-order valence-corrected chi connectivity index (χ4v) is 4.15. The molecule has 0 bridgehead atoms. The van der Waals surface area contributed by atoms with E-state index in [0.717, 1.165) is 15.8 Å². The van der Waals surface area contributed by atoms with Crippen molar-refractivity contribution in [2.75, 3.05) is 11.1 Å². The van der Waals surface area contributed by atoms with E-state index < -0.39 is 15.7 Å². The highest BCUT2D eigenvalue weighted by atomic mass is 32.2. The molecule has 124 valence electrons. The quantitative estimate of drug-likeness (QED) is 0.755. The number of thiophene rings is 1. The van der Waals surface area contributed by atoms with Crippen molar-refractivity contribution >= 4 is 43.1 Å². The summed E-state index contributed by atoms with van der Waals surface area (Å²) >= 11 is 1.45. The first kappa shape index (κ1) is 16.5. The molecule has 2 aromatic heterocycles. The summed E-state index contributed by atoms with van der Waals surface area (Å²) in [6.07, 6.45) is 1.24. The molecular formula is C16H15N3O3S2. The molecule has 0 radical (unpaired) electrons. The number of benzene rings is 1. The lowest BCUT2D eigenvalue weighted by atomic mass is 10.2. The Kier molecular flexibility index (Phi) is 4.59. The number of nitrogens with one attached hydrogen (secondary N) is 1. The van der Waals surface area contributed by atoms with Gasteiger partial charge < -0.3 is 5.32 Å². The summed E-state index contributed by atoms with van der Waals surface area (Å²) in [5.74, 6) is -0.240. The van der Waals surface area contributed by atoms with E-state index in [9.17, 15) is 13.2 Å². The van der Waals surface area contributed by atoms with Crippen LogP contribution < -0.4 is 5.32 Å². The third-order valence-electron chi connectivity index (χ3n) is 3.50. The lowest BCUT2D eigenvalue weighted by Gasteiger charge is -2.07. The smallest absolute Gasteiger partial charge is 0.226 e. The average Bonchev–Trinajstić information content (AvgIpc) is 3.03. The van der Waals surface area contributed by atoms with Crippen molar-refractivity contribution in [1.29, 1.82) is 0 Å². The summed E-state index contributed by atoms with van der Waals surface area (Å²) in [5, 5.41) is 5.26. The van der Waals surface area contributed by atoms with Gasteiger partial charge in [0.2, 0.25) is 5.91 Å². The maximum atomic E-state index is 12.3. The monoisotopic (exact) mass is 361 g/mol. The molecule has 0 aliphatic rings. The van der Waals surface area contributed by atoms with Gasteiger partial charge in [-0.1, -0.05) is 17.7 Å². The number of aromatic nitrogens is 2. The van der Waals surface area contributed by atoms with Gasteiger partial charge in [-0.15, -0.1) is 11.3 Å². The van der Waals surface area contributed by atoms with Crippen LogP contribution in [0, 0.1) is 6.92 Å².